The smallest absolute Gasteiger partial charge is 0.463 e. The first kappa shape index (κ1) is 87.9. The predicted octanol–water partition coefficient (Wildman–Crippen LogP) is 19.3. The SMILES string of the molecule is CC/C=C\C/C=C\C/C=C\C/C=C\C/C=C\C/C=C\CCC(=O)OCC(COP(=O)(O)OCC(O)COP(=O)(O)OCC(O)COC(=O)CCCCCCC/C=C\C/C=C\C/C=C\C/C=C\CCCCC)OC(=O)CCCCCC/C=C\C/C=C\C/C=C\C/C=C\CC. The fraction of sp³-hybridized carbons (Fsp3) is 0.587. The van der Waals surface area contributed by atoms with E-state index < -0.39 is 91.5 Å². The van der Waals surface area contributed by atoms with Crippen LogP contribution in [-0.4, -0.2) is 95.9 Å². The molecule has 5 atom stereocenters. The Bertz CT molecular complexity index is 2370. The number of rotatable bonds is 63. The highest BCUT2D eigenvalue weighted by atomic mass is 31.2. The van der Waals surface area contributed by atoms with Crippen molar-refractivity contribution in [1.29, 1.82) is 0 Å². The second-order valence-corrected chi connectivity index (χ2v) is 25.1. The lowest BCUT2D eigenvalue weighted by atomic mass is 10.1. The maximum absolute atomic E-state index is 12.9. The Kier molecular flexibility index (Phi) is 63.2. The molecule has 0 rings (SSSR count). The summed E-state index contributed by atoms with van der Waals surface area (Å²) >= 11 is 0. The monoisotopic (exact) mass is 1340 g/mol. The summed E-state index contributed by atoms with van der Waals surface area (Å²) in [5, 5.41) is 20.6. The van der Waals surface area contributed by atoms with Crippen LogP contribution in [0.15, 0.2) is 170 Å². The summed E-state index contributed by atoms with van der Waals surface area (Å²) in [6.07, 6.45) is 82.7. The van der Waals surface area contributed by atoms with Crippen molar-refractivity contribution in [2.24, 2.45) is 0 Å². The van der Waals surface area contributed by atoms with Crippen LogP contribution in [0.1, 0.15) is 226 Å². The van der Waals surface area contributed by atoms with E-state index in [1.165, 1.54) is 25.7 Å². The molecule has 0 radical (unpaired) electrons. The Morgan fingerprint density at radius 1 is 0.312 bits per heavy atom. The molecule has 4 N–H and O–H groups in total. The summed E-state index contributed by atoms with van der Waals surface area (Å²) in [4.78, 5) is 58.4. The number of aliphatic hydroxyl groups excluding tert-OH is 2. The van der Waals surface area contributed by atoms with Crippen molar-refractivity contribution in [3.8, 4) is 0 Å². The number of ether oxygens (including phenoxy) is 3. The zero-order valence-electron chi connectivity index (χ0n) is 56.9. The highest BCUT2D eigenvalue weighted by Gasteiger charge is 2.29. The fourth-order valence-electron chi connectivity index (χ4n) is 8.22. The zero-order chi connectivity index (χ0) is 68.1. The van der Waals surface area contributed by atoms with Crippen molar-refractivity contribution < 1.29 is 75.8 Å². The molecule has 0 aliphatic heterocycles. The van der Waals surface area contributed by atoms with Gasteiger partial charge in [0.05, 0.1) is 26.4 Å². The van der Waals surface area contributed by atoms with Crippen LogP contribution in [0.4, 0.5) is 0 Å². The molecular formula is C75H120O16P2. The third-order valence-electron chi connectivity index (χ3n) is 13.4. The number of carbonyl (C=O) groups is 3. The number of hydrogen-bond donors (Lipinski definition) is 4. The van der Waals surface area contributed by atoms with Gasteiger partial charge in [0.25, 0.3) is 0 Å². The molecule has 0 saturated carbocycles. The van der Waals surface area contributed by atoms with Crippen molar-refractivity contribution in [1.82, 2.24) is 0 Å². The summed E-state index contributed by atoms with van der Waals surface area (Å²) in [5.74, 6) is -1.74. The third kappa shape index (κ3) is 68.1. The molecule has 0 heterocycles. The standard InChI is InChI=1S/C75H120O16P2/c1-4-7-10-13-16-19-22-25-28-31-33-34-36-39-40-43-46-49-52-55-58-61-73(78)85-64-70(76)65-87-92(81,82)88-66-71(77)67-89-93(83,84)90-69-72(91-75(80)63-60-57-54-51-48-45-42-37-30-27-24-21-18-15-12-9-6-3)68-86-74(79)62-59-56-53-50-47-44-41-38-35-32-29-26-23-20-17-14-11-8-5-2/h8-9,11-12,16-21,25-30,33-35,38-40,42,44-45,47,53,56,70-72,76-77H,4-7,10,13-15,22-24,31-32,36-37,41,43,46,48-52,54-55,57-69H2,1-3H3,(H,81,82)(H,83,84)/b11-8-,12-9-,19-16-,20-17-,21-18-,28-25-,29-26-,30-27-,34-33-,38-35-,40-39-,45-42-,47-44-,56-53-. The number of phosphoric acid groups is 2. The van der Waals surface area contributed by atoms with Gasteiger partial charge in [0.1, 0.15) is 25.4 Å². The minimum absolute atomic E-state index is 0.0316. The lowest BCUT2D eigenvalue weighted by Gasteiger charge is -2.21. The van der Waals surface area contributed by atoms with Crippen LogP contribution in [0.2, 0.25) is 0 Å². The summed E-state index contributed by atoms with van der Waals surface area (Å²) < 4.78 is 60.8. The first-order valence-corrected chi connectivity index (χ1v) is 37.4. The Labute approximate surface area is 561 Å². The average Bonchev–Trinajstić information content (AvgIpc) is 3.70. The van der Waals surface area contributed by atoms with Crippen LogP contribution in [0.3, 0.4) is 0 Å². The minimum Gasteiger partial charge on any atom is -0.463 e. The van der Waals surface area contributed by atoms with Gasteiger partial charge in [-0.05, 0) is 141 Å². The predicted molar refractivity (Wildman–Crippen MR) is 380 cm³/mol. The molecule has 0 amide bonds. The number of unbranched alkanes of at least 4 members (excludes halogenated alkanes) is 12. The van der Waals surface area contributed by atoms with Crippen LogP contribution < -0.4 is 0 Å². The van der Waals surface area contributed by atoms with Crippen molar-refractivity contribution in [2.75, 3.05) is 39.6 Å². The number of esters is 3. The van der Waals surface area contributed by atoms with Gasteiger partial charge >= 0.3 is 33.6 Å². The summed E-state index contributed by atoms with van der Waals surface area (Å²) in [6, 6.07) is 0. The number of allylic oxidation sites excluding steroid dienone is 28. The van der Waals surface area contributed by atoms with Gasteiger partial charge in [0.2, 0.25) is 0 Å². The van der Waals surface area contributed by atoms with E-state index in [9.17, 15) is 43.5 Å². The summed E-state index contributed by atoms with van der Waals surface area (Å²) in [6.45, 7) is 2.23. The zero-order valence-corrected chi connectivity index (χ0v) is 58.6. The molecule has 0 saturated heterocycles. The van der Waals surface area contributed by atoms with Crippen LogP contribution in [-0.2, 0) is 55.8 Å². The van der Waals surface area contributed by atoms with Gasteiger partial charge in [-0.25, -0.2) is 9.13 Å². The number of aliphatic hydroxyl groups is 2. The van der Waals surface area contributed by atoms with E-state index in [-0.39, 0.29) is 19.3 Å². The van der Waals surface area contributed by atoms with E-state index >= 15 is 0 Å². The van der Waals surface area contributed by atoms with E-state index in [0.29, 0.717) is 25.7 Å². The maximum Gasteiger partial charge on any atom is 0.472 e. The minimum atomic E-state index is -4.96. The molecule has 0 aromatic rings. The summed E-state index contributed by atoms with van der Waals surface area (Å²) in [5.41, 5.74) is 0. The Morgan fingerprint density at radius 2 is 0.591 bits per heavy atom. The van der Waals surface area contributed by atoms with E-state index in [2.05, 4.69) is 173 Å². The molecule has 526 valence electrons. The highest BCUT2D eigenvalue weighted by Crippen LogP contribution is 2.45. The Morgan fingerprint density at radius 3 is 0.968 bits per heavy atom. The first-order valence-electron chi connectivity index (χ1n) is 34.4. The lowest BCUT2D eigenvalue weighted by molar-refractivity contribution is -0.161. The van der Waals surface area contributed by atoms with Gasteiger partial charge in [-0.15, -0.1) is 0 Å². The van der Waals surface area contributed by atoms with Gasteiger partial charge < -0.3 is 34.2 Å². The highest BCUT2D eigenvalue weighted by molar-refractivity contribution is 7.47. The Balaban J connectivity index is 4.82. The van der Waals surface area contributed by atoms with Crippen LogP contribution in [0, 0.1) is 0 Å². The largest absolute Gasteiger partial charge is 0.472 e. The normalized spacial score (nSPS) is 15.2. The fourth-order valence-corrected chi connectivity index (χ4v) is 9.80. The van der Waals surface area contributed by atoms with Crippen LogP contribution in [0.25, 0.3) is 0 Å². The maximum atomic E-state index is 12.9. The second kappa shape index (κ2) is 66.9. The van der Waals surface area contributed by atoms with E-state index in [0.717, 1.165) is 135 Å². The van der Waals surface area contributed by atoms with Crippen LogP contribution >= 0.6 is 15.6 Å². The van der Waals surface area contributed by atoms with Gasteiger partial charge in [-0.1, -0.05) is 236 Å². The first-order chi connectivity index (χ1) is 45.2. The molecular weight excluding hydrogens is 1220 g/mol. The molecule has 0 aliphatic carbocycles. The molecule has 0 aromatic carbocycles. The Hall–Kier alpha value is -5.09. The van der Waals surface area contributed by atoms with Crippen molar-refractivity contribution >= 4 is 33.6 Å². The molecule has 93 heavy (non-hydrogen) atoms. The van der Waals surface area contributed by atoms with Gasteiger partial charge in [0, 0.05) is 19.3 Å². The van der Waals surface area contributed by atoms with E-state index in [1.807, 2.05) is 18.2 Å². The van der Waals surface area contributed by atoms with Crippen LogP contribution in [0.5, 0.6) is 0 Å². The lowest BCUT2D eigenvalue weighted by Crippen LogP contribution is -2.30. The van der Waals surface area contributed by atoms with Crippen molar-refractivity contribution in [2.45, 2.75) is 245 Å². The van der Waals surface area contributed by atoms with E-state index in [1.54, 1.807) is 0 Å². The molecule has 0 aliphatic rings. The van der Waals surface area contributed by atoms with Gasteiger partial charge in [0.15, 0.2) is 6.10 Å². The number of carbonyl (C=O) groups excluding carboxylic acids is 3. The molecule has 5 unspecified atom stereocenters. The van der Waals surface area contributed by atoms with E-state index in [4.69, 9.17) is 32.3 Å². The molecule has 0 spiro atoms. The number of hydrogen-bond acceptors (Lipinski definition) is 14. The molecule has 0 bridgehead atoms. The second-order valence-electron chi connectivity index (χ2n) is 22.2. The molecule has 0 fully saturated rings. The summed E-state index contributed by atoms with van der Waals surface area (Å²) in [7, 11) is -9.83. The topological polar surface area (TPSA) is 231 Å². The quantitative estimate of drug-likeness (QED) is 0.0146. The number of phosphoric ester groups is 2. The van der Waals surface area contributed by atoms with Crippen molar-refractivity contribution in [3.05, 3.63) is 170 Å². The van der Waals surface area contributed by atoms with Crippen molar-refractivity contribution in [3.63, 3.8) is 0 Å². The molecule has 18 heteroatoms. The van der Waals surface area contributed by atoms with Gasteiger partial charge in [-0.2, -0.15) is 0 Å². The molecule has 0 aromatic heterocycles. The van der Waals surface area contributed by atoms with Gasteiger partial charge in [-0.3, -0.25) is 32.5 Å². The third-order valence-corrected chi connectivity index (χ3v) is 15.3. The average molecular weight is 1340 g/mol. The molecule has 16 nitrogen and oxygen atoms in total.